The van der Waals surface area contributed by atoms with Gasteiger partial charge in [-0.3, -0.25) is 0 Å². The molecule has 4 nitrogen and oxygen atoms in total. The summed E-state index contributed by atoms with van der Waals surface area (Å²) < 4.78 is 9.00. The molecule has 0 saturated heterocycles. The number of aromatic nitrogens is 2. The molecule has 14 heavy (non-hydrogen) atoms. The predicted molar refractivity (Wildman–Crippen MR) is 59.3 cm³/mol. The van der Waals surface area contributed by atoms with Crippen LogP contribution in [-0.2, 0) is 0 Å². The number of fused-ring (bicyclic) bond motifs is 1. The van der Waals surface area contributed by atoms with Gasteiger partial charge in [0.1, 0.15) is 11.0 Å². The van der Waals surface area contributed by atoms with Gasteiger partial charge in [0.2, 0.25) is 0 Å². The van der Waals surface area contributed by atoms with E-state index in [0.29, 0.717) is 16.6 Å². The van der Waals surface area contributed by atoms with E-state index in [2.05, 4.69) is 29.8 Å². The Morgan fingerprint density at radius 3 is 2.86 bits per heavy atom. The van der Waals surface area contributed by atoms with Crippen LogP contribution in [0.3, 0.4) is 0 Å². The van der Waals surface area contributed by atoms with Crippen LogP contribution in [0.15, 0.2) is 21.8 Å². The molecule has 0 unspecified atom stereocenters. The number of hydrogen-bond donors (Lipinski definition) is 1. The lowest BCUT2D eigenvalue weighted by Crippen LogP contribution is -1.92. The van der Waals surface area contributed by atoms with Gasteiger partial charge < -0.3 is 5.21 Å². The highest BCUT2D eigenvalue weighted by Crippen LogP contribution is 2.26. The molecule has 0 spiro atoms. The van der Waals surface area contributed by atoms with Crippen LogP contribution in [0.4, 0.5) is 0 Å². The van der Waals surface area contributed by atoms with Crippen molar-refractivity contribution in [2.75, 3.05) is 0 Å². The third-order valence-corrected chi connectivity index (χ3v) is 3.12. The van der Waals surface area contributed by atoms with Crippen molar-refractivity contribution in [3.63, 3.8) is 0 Å². The Kier molecular flexibility index (Phi) is 2.66. The first kappa shape index (κ1) is 9.82. The second-order valence-electron chi connectivity index (χ2n) is 2.45. The molecule has 2 aromatic rings. The van der Waals surface area contributed by atoms with Crippen molar-refractivity contribution in [3.8, 4) is 0 Å². The Labute approximate surface area is 96.7 Å². The summed E-state index contributed by atoms with van der Waals surface area (Å²) in [7, 11) is 0. The molecule has 72 valence electrons. The average molecular weight is 293 g/mol. The summed E-state index contributed by atoms with van der Waals surface area (Å²) in [4.78, 5) is 0. The van der Waals surface area contributed by atoms with E-state index >= 15 is 0 Å². The molecular weight excluding hydrogens is 290 g/mol. The van der Waals surface area contributed by atoms with Crippen molar-refractivity contribution in [1.29, 1.82) is 0 Å². The third-order valence-electron chi connectivity index (χ3n) is 1.68. The molecule has 0 aliphatic heterocycles. The molecule has 0 aliphatic rings. The van der Waals surface area contributed by atoms with Gasteiger partial charge in [-0.2, -0.15) is 8.75 Å². The van der Waals surface area contributed by atoms with Crippen LogP contribution >= 0.6 is 39.3 Å². The SMILES string of the molecule is O/N=C(\Cl)c1ccc(Br)c2nsnc12. The Balaban J connectivity index is 2.79. The van der Waals surface area contributed by atoms with Crippen LogP contribution in [0.1, 0.15) is 5.56 Å². The smallest absolute Gasteiger partial charge is 0.177 e. The summed E-state index contributed by atoms with van der Waals surface area (Å²) >= 11 is 10.1. The average Bonchev–Trinajstić information content (AvgIpc) is 2.67. The van der Waals surface area contributed by atoms with Crippen LogP contribution in [-0.4, -0.2) is 19.1 Å². The minimum atomic E-state index is 0.00944. The van der Waals surface area contributed by atoms with E-state index in [0.717, 1.165) is 16.2 Å². The largest absolute Gasteiger partial charge is 0.410 e. The van der Waals surface area contributed by atoms with Crippen LogP contribution in [0.5, 0.6) is 0 Å². The van der Waals surface area contributed by atoms with Gasteiger partial charge in [0.25, 0.3) is 0 Å². The molecule has 7 heteroatoms. The molecule has 1 aromatic carbocycles. The highest BCUT2D eigenvalue weighted by molar-refractivity contribution is 9.10. The van der Waals surface area contributed by atoms with Gasteiger partial charge in [-0.05, 0) is 28.1 Å². The van der Waals surface area contributed by atoms with E-state index in [4.69, 9.17) is 16.8 Å². The molecular formula is C7H3BrClN3OS. The van der Waals surface area contributed by atoms with Crippen molar-refractivity contribution in [1.82, 2.24) is 8.75 Å². The molecule has 0 saturated carbocycles. The van der Waals surface area contributed by atoms with Gasteiger partial charge in [-0.15, -0.1) is 0 Å². The molecule has 0 radical (unpaired) electrons. The van der Waals surface area contributed by atoms with Crippen molar-refractivity contribution in [3.05, 3.63) is 22.2 Å². The summed E-state index contributed by atoms with van der Waals surface area (Å²) in [6.07, 6.45) is 0. The lowest BCUT2D eigenvalue weighted by Gasteiger charge is -1.98. The van der Waals surface area contributed by atoms with Gasteiger partial charge in [0.05, 0.1) is 11.7 Å². The Bertz CT molecular complexity index is 513. The summed E-state index contributed by atoms with van der Waals surface area (Å²) in [5.74, 6) is 0. The second-order valence-corrected chi connectivity index (χ2v) is 4.19. The van der Waals surface area contributed by atoms with Crippen LogP contribution in [0.25, 0.3) is 11.0 Å². The van der Waals surface area contributed by atoms with E-state index in [1.165, 1.54) is 0 Å². The number of nitrogens with zero attached hydrogens (tertiary/aromatic N) is 3. The molecule has 1 aromatic heterocycles. The monoisotopic (exact) mass is 291 g/mol. The highest BCUT2D eigenvalue weighted by atomic mass is 79.9. The normalized spacial score (nSPS) is 12.3. The standard InChI is InChI=1S/C7H3BrClN3OS/c8-4-2-1-3(7(9)10-13)5-6(4)12-14-11-5/h1-2,13H/b10-7-. The molecule has 2 rings (SSSR count). The van der Waals surface area contributed by atoms with Gasteiger partial charge in [-0.25, -0.2) is 0 Å². The molecule has 1 N–H and O–H groups in total. The molecule has 0 bridgehead atoms. The quantitative estimate of drug-likeness (QED) is 0.499. The lowest BCUT2D eigenvalue weighted by atomic mass is 10.2. The van der Waals surface area contributed by atoms with E-state index in [1.54, 1.807) is 12.1 Å². The van der Waals surface area contributed by atoms with Gasteiger partial charge in [-0.1, -0.05) is 16.8 Å². The molecule has 0 aliphatic carbocycles. The number of rotatable bonds is 1. The zero-order chi connectivity index (χ0) is 10.1. The highest BCUT2D eigenvalue weighted by Gasteiger charge is 2.12. The van der Waals surface area contributed by atoms with Crippen molar-refractivity contribution < 1.29 is 5.21 Å². The fourth-order valence-electron chi connectivity index (χ4n) is 1.06. The second kappa shape index (κ2) is 3.80. The first-order valence-electron chi connectivity index (χ1n) is 3.52. The van der Waals surface area contributed by atoms with Gasteiger partial charge in [0, 0.05) is 10.0 Å². The topological polar surface area (TPSA) is 58.4 Å². The van der Waals surface area contributed by atoms with Crippen molar-refractivity contribution in [2.24, 2.45) is 5.16 Å². The summed E-state index contributed by atoms with van der Waals surface area (Å²) in [5.41, 5.74) is 1.92. The summed E-state index contributed by atoms with van der Waals surface area (Å²) in [6.45, 7) is 0. The third kappa shape index (κ3) is 1.49. The Morgan fingerprint density at radius 1 is 1.43 bits per heavy atom. The van der Waals surface area contributed by atoms with Crippen molar-refractivity contribution >= 4 is 55.5 Å². The van der Waals surface area contributed by atoms with Gasteiger partial charge >= 0.3 is 0 Å². The number of oxime groups is 1. The van der Waals surface area contributed by atoms with E-state index in [9.17, 15) is 0 Å². The zero-order valence-electron chi connectivity index (χ0n) is 6.61. The van der Waals surface area contributed by atoms with Crippen LogP contribution in [0.2, 0.25) is 0 Å². The summed E-state index contributed by atoms with van der Waals surface area (Å²) in [5, 5.41) is 11.5. The van der Waals surface area contributed by atoms with Gasteiger partial charge in [0.15, 0.2) is 5.17 Å². The first-order chi connectivity index (χ1) is 6.74. The minimum absolute atomic E-state index is 0.00944. The molecule has 1 heterocycles. The number of hydrogen-bond acceptors (Lipinski definition) is 5. The first-order valence-corrected chi connectivity index (χ1v) is 5.43. The number of benzene rings is 1. The molecule has 0 atom stereocenters. The van der Waals surface area contributed by atoms with Crippen LogP contribution < -0.4 is 0 Å². The van der Waals surface area contributed by atoms with E-state index < -0.39 is 0 Å². The van der Waals surface area contributed by atoms with E-state index in [-0.39, 0.29) is 5.17 Å². The maximum absolute atomic E-state index is 8.55. The Morgan fingerprint density at radius 2 is 2.14 bits per heavy atom. The fraction of sp³-hybridized carbons (Fsp3) is 0. The molecule has 0 amide bonds. The van der Waals surface area contributed by atoms with Crippen LogP contribution in [0, 0.1) is 0 Å². The maximum atomic E-state index is 8.55. The summed E-state index contributed by atoms with van der Waals surface area (Å²) in [6, 6.07) is 3.50. The van der Waals surface area contributed by atoms with E-state index in [1.807, 2.05) is 0 Å². The Hall–Kier alpha value is -0.720. The lowest BCUT2D eigenvalue weighted by molar-refractivity contribution is 0.321. The maximum Gasteiger partial charge on any atom is 0.177 e. The fourth-order valence-corrected chi connectivity index (χ4v) is 2.31. The minimum Gasteiger partial charge on any atom is -0.410 e. The number of halogens is 2. The molecule has 0 fully saturated rings. The van der Waals surface area contributed by atoms with Crippen molar-refractivity contribution in [2.45, 2.75) is 0 Å². The zero-order valence-corrected chi connectivity index (χ0v) is 9.77. The predicted octanol–water partition coefficient (Wildman–Crippen LogP) is 2.83.